The van der Waals surface area contributed by atoms with Gasteiger partial charge in [-0.25, -0.2) is 0 Å². The van der Waals surface area contributed by atoms with Crippen molar-refractivity contribution in [3.05, 3.63) is 69.1 Å². The highest BCUT2D eigenvalue weighted by Gasteiger charge is 2.16. The van der Waals surface area contributed by atoms with Gasteiger partial charge >= 0.3 is 0 Å². The molecule has 2 N–H and O–H groups in total. The Kier molecular flexibility index (Phi) is 5.56. The van der Waals surface area contributed by atoms with E-state index in [9.17, 15) is 4.79 Å². The standard InChI is InChI=1S/C19H26N2O/c1-4-5-6-11-21-12-7-8-16(19(21)22)18(20)17-13-14(2)9-10-15(17)3/h7-10,12-13,18H,4-6,11,20H2,1-3H3. The molecule has 0 fully saturated rings. The summed E-state index contributed by atoms with van der Waals surface area (Å²) in [6.07, 6.45) is 5.17. The lowest BCUT2D eigenvalue weighted by molar-refractivity contribution is 0.581. The Morgan fingerprint density at radius 3 is 2.64 bits per heavy atom. The summed E-state index contributed by atoms with van der Waals surface area (Å²) in [6.45, 7) is 7.01. The summed E-state index contributed by atoms with van der Waals surface area (Å²) in [5, 5.41) is 0. The summed E-state index contributed by atoms with van der Waals surface area (Å²) < 4.78 is 1.79. The van der Waals surface area contributed by atoms with Crippen LogP contribution in [0.1, 0.15) is 54.5 Å². The van der Waals surface area contributed by atoms with Crippen molar-refractivity contribution in [3.8, 4) is 0 Å². The molecule has 0 aliphatic heterocycles. The number of unbranched alkanes of at least 4 members (excludes halogenated alkanes) is 2. The molecule has 2 rings (SSSR count). The molecule has 22 heavy (non-hydrogen) atoms. The van der Waals surface area contributed by atoms with Crippen LogP contribution >= 0.6 is 0 Å². The predicted molar refractivity (Wildman–Crippen MR) is 92.2 cm³/mol. The third-order valence-corrected chi connectivity index (χ3v) is 4.16. The first-order chi connectivity index (χ1) is 10.5. The van der Waals surface area contributed by atoms with E-state index in [-0.39, 0.29) is 11.6 Å². The average molecular weight is 298 g/mol. The van der Waals surface area contributed by atoms with Crippen molar-refractivity contribution in [1.82, 2.24) is 4.57 Å². The molecule has 1 atom stereocenters. The van der Waals surface area contributed by atoms with Crippen LogP contribution in [0.15, 0.2) is 41.3 Å². The third kappa shape index (κ3) is 3.66. The highest BCUT2D eigenvalue weighted by Crippen LogP contribution is 2.21. The van der Waals surface area contributed by atoms with Gasteiger partial charge in [0.15, 0.2) is 0 Å². The lowest BCUT2D eigenvalue weighted by Crippen LogP contribution is -2.28. The number of rotatable bonds is 6. The molecule has 1 aromatic heterocycles. The molecule has 0 radical (unpaired) electrons. The number of nitrogens with zero attached hydrogens (tertiary/aromatic N) is 1. The minimum atomic E-state index is -0.369. The molecule has 0 spiro atoms. The second-order valence-electron chi connectivity index (χ2n) is 6.01. The van der Waals surface area contributed by atoms with Gasteiger partial charge in [0.2, 0.25) is 0 Å². The molecular weight excluding hydrogens is 272 g/mol. The Hall–Kier alpha value is -1.87. The molecule has 0 aliphatic carbocycles. The number of hydrogen-bond acceptors (Lipinski definition) is 2. The van der Waals surface area contributed by atoms with Crippen LogP contribution in [-0.4, -0.2) is 4.57 Å². The number of hydrogen-bond donors (Lipinski definition) is 1. The Labute approximate surface area is 132 Å². The van der Waals surface area contributed by atoms with Gasteiger partial charge in [0, 0.05) is 18.3 Å². The number of benzene rings is 1. The molecule has 3 heteroatoms. The average Bonchev–Trinajstić information content (AvgIpc) is 2.51. The van der Waals surface area contributed by atoms with E-state index in [1.165, 1.54) is 0 Å². The second kappa shape index (κ2) is 7.41. The Morgan fingerprint density at radius 1 is 1.14 bits per heavy atom. The summed E-state index contributed by atoms with van der Waals surface area (Å²) in [4.78, 5) is 12.7. The summed E-state index contributed by atoms with van der Waals surface area (Å²) in [7, 11) is 0. The van der Waals surface area contributed by atoms with Gasteiger partial charge in [-0.3, -0.25) is 4.79 Å². The van der Waals surface area contributed by atoms with Gasteiger partial charge in [-0.2, -0.15) is 0 Å². The number of pyridine rings is 1. The van der Waals surface area contributed by atoms with E-state index in [2.05, 4.69) is 25.1 Å². The van der Waals surface area contributed by atoms with Gasteiger partial charge in [-0.15, -0.1) is 0 Å². The molecule has 1 aromatic carbocycles. The highest BCUT2D eigenvalue weighted by atomic mass is 16.1. The maximum atomic E-state index is 12.7. The van der Waals surface area contributed by atoms with E-state index < -0.39 is 0 Å². The molecule has 0 bridgehead atoms. The van der Waals surface area contributed by atoms with E-state index in [0.717, 1.165) is 42.5 Å². The van der Waals surface area contributed by atoms with Gasteiger partial charge in [0.1, 0.15) is 0 Å². The van der Waals surface area contributed by atoms with Crippen LogP contribution in [0, 0.1) is 13.8 Å². The lowest BCUT2D eigenvalue weighted by atomic mass is 9.95. The smallest absolute Gasteiger partial charge is 0.255 e. The zero-order valence-electron chi connectivity index (χ0n) is 13.8. The molecule has 118 valence electrons. The molecule has 0 saturated heterocycles. The van der Waals surface area contributed by atoms with Gasteiger partial charge < -0.3 is 10.3 Å². The number of aromatic nitrogens is 1. The summed E-state index contributed by atoms with van der Waals surface area (Å²) in [5.74, 6) is 0. The lowest BCUT2D eigenvalue weighted by Gasteiger charge is -2.17. The van der Waals surface area contributed by atoms with Gasteiger partial charge in [-0.05, 0) is 37.5 Å². The van der Waals surface area contributed by atoms with Gasteiger partial charge in [0.25, 0.3) is 5.56 Å². The van der Waals surface area contributed by atoms with Crippen LogP contribution in [0.25, 0.3) is 0 Å². The molecule has 0 saturated carbocycles. The number of nitrogens with two attached hydrogens (primary N) is 1. The molecule has 1 heterocycles. The first-order valence-corrected chi connectivity index (χ1v) is 8.06. The van der Waals surface area contributed by atoms with E-state index >= 15 is 0 Å². The van der Waals surface area contributed by atoms with Gasteiger partial charge in [-0.1, -0.05) is 49.6 Å². The van der Waals surface area contributed by atoms with Crippen molar-refractivity contribution in [3.63, 3.8) is 0 Å². The quantitative estimate of drug-likeness (QED) is 0.827. The zero-order chi connectivity index (χ0) is 16.1. The minimum Gasteiger partial charge on any atom is -0.320 e. The largest absolute Gasteiger partial charge is 0.320 e. The predicted octanol–water partition coefficient (Wildman–Crippen LogP) is 3.70. The molecule has 2 aromatic rings. The van der Waals surface area contributed by atoms with Gasteiger partial charge in [0.05, 0.1) is 6.04 Å². The summed E-state index contributed by atoms with van der Waals surface area (Å²) >= 11 is 0. The van der Waals surface area contributed by atoms with E-state index in [4.69, 9.17) is 5.73 Å². The maximum Gasteiger partial charge on any atom is 0.255 e. The van der Waals surface area contributed by atoms with E-state index in [1.54, 1.807) is 4.57 Å². The Bertz CT molecular complexity index is 688. The third-order valence-electron chi connectivity index (χ3n) is 4.16. The fraction of sp³-hybridized carbons (Fsp3) is 0.421. The van der Waals surface area contributed by atoms with E-state index in [0.29, 0.717) is 5.56 Å². The minimum absolute atomic E-state index is 0.0343. The first kappa shape index (κ1) is 16.5. The summed E-state index contributed by atoms with van der Waals surface area (Å²) in [6, 6.07) is 9.62. The SMILES string of the molecule is CCCCCn1cccc(C(N)c2cc(C)ccc2C)c1=O. The zero-order valence-corrected chi connectivity index (χ0v) is 13.8. The fourth-order valence-corrected chi connectivity index (χ4v) is 2.76. The molecular formula is C19H26N2O. The highest BCUT2D eigenvalue weighted by molar-refractivity contribution is 5.38. The number of aryl methyl sites for hydroxylation is 3. The van der Waals surface area contributed by atoms with Crippen molar-refractivity contribution < 1.29 is 0 Å². The van der Waals surface area contributed by atoms with Crippen molar-refractivity contribution in [2.24, 2.45) is 5.73 Å². The Morgan fingerprint density at radius 2 is 1.91 bits per heavy atom. The van der Waals surface area contributed by atoms with Crippen LogP contribution in [0.2, 0.25) is 0 Å². The molecule has 0 aliphatic rings. The maximum absolute atomic E-state index is 12.7. The first-order valence-electron chi connectivity index (χ1n) is 8.06. The molecule has 0 amide bonds. The molecule has 1 unspecified atom stereocenters. The monoisotopic (exact) mass is 298 g/mol. The Balaban J connectivity index is 2.34. The fourth-order valence-electron chi connectivity index (χ4n) is 2.76. The second-order valence-corrected chi connectivity index (χ2v) is 6.01. The van der Waals surface area contributed by atoms with Crippen LogP contribution in [0.5, 0.6) is 0 Å². The topological polar surface area (TPSA) is 48.0 Å². The van der Waals surface area contributed by atoms with Crippen molar-refractivity contribution in [2.75, 3.05) is 0 Å². The van der Waals surface area contributed by atoms with Crippen LogP contribution in [-0.2, 0) is 6.54 Å². The van der Waals surface area contributed by atoms with Crippen molar-refractivity contribution >= 4 is 0 Å². The normalized spacial score (nSPS) is 12.4. The van der Waals surface area contributed by atoms with Crippen LogP contribution in [0.3, 0.4) is 0 Å². The van der Waals surface area contributed by atoms with E-state index in [1.807, 2.05) is 32.2 Å². The molecule has 3 nitrogen and oxygen atoms in total. The van der Waals surface area contributed by atoms with Crippen LogP contribution in [0.4, 0.5) is 0 Å². The van der Waals surface area contributed by atoms with Crippen LogP contribution < -0.4 is 11.3 Å². The van der Waals surface area contributed by atoms with Crippen molar-refractivity contribution in [2.45, 2.75) is 52.6 Å². The summed E-state index contributed by atoms with van der Waals surface area (Å²) in [5.41, 5.74) is 10.4. The van der Waals surface area contributed by atoms with Crippen molar-refractivity contribution in [1.29, 1.82) is 0 Å².